The van der Waals surface area contributed by atoms with Crippen molar-refractivity contribution in [1.29, 1.82) is 0 Å². The van der Waals surface area contributed by atoms with Crippen LogP contribution in [0.5, 0.6) is 0 Å². The van der Waals surface area contributed by atoms with E-state index in [4.69, 9.17) is 0 Å². The highest BCUT2D eigenvalue weighted by Crippen LogP contribution is 2.39. The van der Waals surface area contributed by atoms with Crippen molar-refractivity contribution in [1.82, 2.24) is 5.32 Å². The van der Waals surface area contributed by atoms with E-state index in [-0.39, 0.29) is 23.3 Å². The lowest BCUT2D eigenvalue weighted by molar-refractivity contribution is 0.0220. The number of sulfone groups is 1. The van der Waals surface area contributed by atoms with Crippen LogP contribution in [0.25, 0.3) is 0 Å². The Balaban J connectivity index is 2.32. The molecule has 2 fully saturated rings. The van der Waals surface area contributed by atoms with Gasteiger partial charge in [0.2, 0.25) is 0 Å². The van der Waals surface area contributed by atoms with Crippen molar-refractivity contribution >= 4 is 9.84 Å². The van der Waals surface area contributed by atoms with Gasteiger partial charge in [-0.2, -0.15) is 0 Å². The van der Waals surface area contributed by atoms with E-state index in [1.807, 2.05) is 0 Å². The Morgan fingerprint density at radius 1 is 1.31 bits per heavy atom. The molecule has 1 N–H and O–H groups in total. The van der Waals surface area contributed by atoms with Crippen LogP contribution in [-0.2, 0) is 9.84 Å². The first kappa shape index (κ1) is 9.40. The molecule has 13 heavy (non-hydrogen) atoms. The summed E-state index contributed by atoms with van der Waals surface area (Å²) in [5.74, 6) is -0.706. The summed E-state index contributed by atoms with van der Waals surface area (Å²) in [5, 5.41) is 3.08. The maximum atomic E-state index is 14.0. The Labute approximate surface area is 77.6 Å². The second-order valence-electron chi connectivity index (χ2n) is 4.28. The zero-order valence-corrected chi connectivity index (χ0v) is 8.40. The minimum absolute atomic E-state index is 0.00347. The van der Waals surface area contributed by atoms with Crippen LogP contribution in [0.15, 0.2) is 0 Å². The third-order valence-electron chi connectivity index (χ3n) is 3.29. The summed E-state index contributed by atoms with van der Waals surface area (Å²) < 4.78 is 36.7. The van der Waals surface area contributed by atoms with Crippen molar-refractivity contribution in [3.8, 4) is 0 Å². The topological polar surface area (TPSA) is 46.2 Å². The third kappa shape index (κ3) is 1.48. The smallest absolute Gasteiger partial charge is 0.151 e. The van der Waals surface area contributed by atoms with Gasteiger partial charge in [0.15, 0.2) is 9.84 Å². The van der Waals surface area contributed by atoms with Crippen LogP contribution in [0.3, 0.4) is 0 Å². The molecule has 2 aliphatic heterocycles. The van der Waals surface area contributed by atoms with Gasteiger partial charge in [-0.1, -0.05) is 0 Å². The van der Waals surface area contributed by atoms with E-state index in [9.17, 15) is 12.8 Å². The van der Waals surface area contributed by atoms with Gasteiger partial charge >= 0.3 is 0 Å². The lowest BCUT2D eigenvalue weighted by Gasteiger charge is -2.45. The summed E-state index contributed by atoms with van der Waals surface area (Å²) in [5.41, 5.74) is -1.30. The van der Waals surface area contributed by atoms with Crippen LogP contribution in [0, 0.1) is 11.8 Å². The van der Waals surface area contributed by atoms with Crippen molar-refractivity contribution in [3.05, 3.63) is 0 Å². The number of hydrogen-bond donors (Lipinski definition) is 1. The molecule has 76 valence electrons. The molecule has 0 saturated carbocycles. The molecule has 0 aromatic heterocycles. The molecule has 3 nitrogen and oxygen atoms in total. The fourth-order valence-corrected chi connectivity index (χ4v) is 4.54. The van der Waals surface area contributed by atoms with Gasteiger partial charge in [0.25, 0.3) is 0 Å². The Hall–Kier alpha value is -0.160. The minimum Gasteiger partial charge on any atom is -0.316 e. The van der Waals surface area contributed by atoms with Gasteiger partial charge in [0.05, 0.1) is 11.5 Å². The second kappa shape index (κ2) is 2.67. The van der Waals surface area contributed by atoms with E-state index in [2.05, 4.69) is 5.32 Å². The van der Waals surface area contributed by atoms with Gasteiger partial charge in [-0.25, -0.2) is 12.8 Å². The first-order chi connectivity index (χ1) is 5.92. The van der Waals surface area contributed by atoms with E-state index in [0.29, 0.717) is 13.1 Å². The number of rotatable bonds is 0. The van der Waals surface area contributed by atoms with Gasteiger partial charge in [-0.05, 0) is 6.92 Å². The summed E-state index contributed by atoms with van der Waals surface area (Å²) >= 11 is 0. The molecule has 5 heteroatoms. The van der Waals surface area contributed by atoms with Crippen LogP contribution < -0.4 is 5.32 Å². The van der Waals surface area contributed by atoms with Gasteiger partial charge in [-0.15, -0.1) is 0 Å². The predicted molar refractivity (Wildman–Crippen MR) is 48.0 cm³/mol. The van der Waals surface area contributed by atoms with E-state index >= 15 is 0 Å². The van der Waals surface area contributed by atoms with E-state index in [1.54, 1.807) is 0 Å². The molecule has 0 spiro atoms. The Bertz CT molecular complexity index is 290. The molecule has 0 aliphatic carbocycles. The minimum atomic E-state index is -2.99. The molecule has 2 heterocycles. The molecule has 2 bridgehead atoms. The Morgan fingerprint density at radius 2 is 1.77 bits per heavy atom. The van der Waals surface area contributed by atoms with E-state index in [1.165, 1.54) is 6.92 Å². The summed E-state index contributed by atoms with van der Waals surface area (Å²) in [7, 11) is -2.99. The molecular formula is C8H14FNO2S. The quantitative estimate of drug-likeness (QED) is 0.607. The van der Waals surface area contributed by atoms with E-state index in [0.717, 1.165) is 0 Å². The monoisotopic (exact) mass is 207 g/mol. The maximum absolute atomic E-state index is 14.0. The molecule has 0 aromatic rings. The van der Waals surface area contributed by atoms with Crippen LogP contribution >= 0.6 is 0 Å². The van der Waals surface area contributed by atoms with Gasteiger partial charge in [0, 0.05) is 24.9 Å². The van der Waals surface area contributed by atoms with Gasteiger partial charge < -0.3 is 5.32 Å². The summed E-state index contributed by atoms with van der Waals surface area (Å²) in [6.45, 7) is 2.52. The average Bonchev–Trinajstić information content (AvgIpc) is 1.93. The molecule has 2 aliphatic rings. The number of hydrogen-bond acceptors (Lipinski definition) is 3. The second-order valence-corrected chi connectivity index (χ2v) is 6.43. The van der Waals surface area contributed by atoms with Gasteiger partial charge in [0.1, 0.15) is 5.67 Å². The number of piperidine rings is 1. The zero-order chi connectivity index (χ0) is 9.69. The largest absolute Gasteiger partial charge is 0.316 e. The van der Waals surface area contributed by atoms with Crippen LogP contribution in [0.1, 0.15) is 6.92 Å². The number of halogens is 1. The molecule has 0 amide bonds. The van der Waals surface area contributed by atoms with Crippen molar-refractivity contribution in [2.45, 2.75) is 12.6 Å². The predicted octanol–water partition coefficient (Wildman–Crippen LogP) is -0.0214. The fourth-order valence-electron chi connectivity index (χ4n) is 2.29. The summed E-state index contributed by atoms with van der Waals surface area (Å²) in [4.78, 5) is 0. The Kier molecular flexibility index (Phi) is 1.93. The van der Waals surface area contributed by atoms with Crippen molar-refractivity contribution in [2.75, 3.05) is 24.6 Å². The van der Waals surface area contributed by atoms with Crippen molar-refractivity contribution in [2.24, 2.45) is 11.8 Å². The summed E-state index contributed by atoms with van der Waals surface area (Å²) in [6.07, 6.45) is 0. The normalized spacial score (nSPS) is 48.8. The molecule has 0 aromatic carbocycles. The molecule has 0 radical (unpaired) electrons. The number of alkyl halides is 1. The Morgan fingerprint density at radius 3 is 2.23 bits per heavy atom. The molecule has 2 rings (SSSR count). The number of fused-ring (bicyclic) bond motifs is 2. The molecule has 2 saturated heterocycles. The van der Waals surface area contributed by atoms with E-state index < -0.39 is 15.5 Å². The highest BCUT2D eigenvalue weighted by atomic mass is 32.2. The maximum Gasteiger partial charge on any atom is 0.151 e. The van der Waals surface area contributed by atoms with Crippen molar-refractivity contribution in [3.63, 3.8) is 0 Å². The highest BCUT2D eigenvalue weighted by molar-refractivity contribution is 7.91. The van der Waals surface area contributed by atoms with Crippen molar-refractivity contribution < 1.29 is 12.8 Å². The first-order valence-corrected chi connectivity index (χ1v) is 6.34. The molecule has 2 atom stereocenters. The van der Waals surface area contributed by atoms with Gasteiger partial charge in [-0.3, -0.25) is 0 Å². The molecule has 2 unspecified atom stereocenters. The number of nitrogens with one attached hydrogen (secondary N) is 1. The van der Waals surface area contributed by atoms with Crippen LogP contribution in [0.4, 0.5) is 4.39 Å². The van der Waals surface area contributed by atoms with Crippen LogP contribution in [0.2, 0.25) is 0 Å². The third-order valence-corrected chi connectivity index (χ3v) is 5.11. The first-order valence-electron chi connectivity index (χ1n) is 4.52. The highest BCUT2D eigenvalue weighted by Gasteiger charge is 2.51. The molecular weight excluding hydrogens is 193 g/mol. The lowest BCUT2D eigenvalue weighted by Crippen LogP contribution is -2.60. The standard InChI is InChI=1S/C8H14FNO2S/c1-8(9)6-2-10-3-7(8)5-13(11,12)4-6/h6-7,10H,2-5H2,1H3. The average molecular weight is 207 g/mol. The SMILES string of the molecule is CC1(F)C2CNCC1CS(=O)(=O)C2. The van der Waals surface area contributed by atoms with Crippen LogP contribution in [-0.4, -0.2) is 38.7 Å². The zero-order valence-electron chi connectivity index (χ0n) is 7.59. The fraction of sp³-hybridized carbons (Fsp3) is 1.00. The lowest BCUT2D eigenvalue weighted by atomic mass is 9.78. The summed E-state index contributed by atoms with van der Waals surface area (Å²) in [6, 6.07) is 0.